The lowest BCUT2D eigenvalue weighted by Crippen LogP contribution is -2.19. The zero-order chi connectivity index (χ0) is 26.2. The van der Waals surface area contributed by atoms with Crippen LogP contribution in [0.25, 0.3) is 37.2 Å². The molecule has 6 aromatic rings. The molecule has 8 nitrogen and oxygen atoms in total. The molecular formula is C29H23N5O3S. The number of carbonyl (C=O) groups excluding carboxylic acids is 2. The normalized spacial score (nSPS) is 11.3. The van der Waals surface area contributed by atoms with E-state index < -0.39 is 5.97 Å². The third kappa shape index (κ3) is 4.16. The molecule has 0 aliphatic heterocycles. The molecule has 6 rings (SSSR count). The minimum Gasteiger partial charge on any atom is -0.462 e. The summed E-state index contributed by atoms with van der Waals surface area (Å²) in [6.07, 6.45) is 1.76. The first kappa shape index (κ1) is 23.7. The van der Waals surface area contributed by atoms with Crippen LogP contribution in [0.3, 0.4) is 0 Å². The summed E-state index contributed by atoms with van der Waals surface area (Å²) in [5.74, 6) is -0.804. The van der Waals surface area contributed by atoms with E-state index in [0.717, 1.165) is 26.6 Å². The lowest BCUT2D eigenvalue weighted by Gasteiger charge is -2.14. The monoisotopic (exact) mass is 521 g/mol. The summed E-state index contributed by atoms with van der Waals surface area (Å²) in [7, 11) is 0. The van der Waals surface area contributed by atoms with Crippen LogP contribution >= 0.6 is 11.3 Å². The Morgan fingerprint density at radius 1 is 0.974 bits per heavy atom. The second-order valence-electron chi connectivity index (χ2n) is 8.80. The molecule has 0 aliphatic carbocycles. The number of aryl methyl sites for hydroxylation is 1. The molecule has 3 aromatic carbocycles. The molecule has 9 heteroatoms. The number of amides is 1. The minimum atomic E-state index is -0.548. The van der Waals surface area contributed by atoms with Crippen LogP contribution in [0.2, 0.25) is 0 Å². The lowest BCUT2D eigenvalue weighted by molar-refractivity contribution is -0.115. The van der Waals surface area contributed by atoms with Crippen LogP contribution in [0.5, 0.6) is 0 Å². The molecule has 0 spiro atoms. The van der Waals surface area contributed by atoms with Gasteiger partial charge >= 0.3 is 5.97 Å². The number of aromatic nitrogens is 4. The lowest BCUT2D eigenvalue weighted by atomic mass is 10.1. The smallest absolute Gasteiger partial charge is 0.342 e. The van der Waals surface area contributed by atoms with Gasteiger partial charge in [-0.2, -0.15) is 9.78 Å². The fourth-order valence-electron chi connectivity index (χ4n) is 4.58. The van der Waals surface area contributed by atoms with E-state index in [1.54, 1.807) is 24.7 Å². The van der Waals surface area contributed by atoms with Gasteiger partial charge in [-0.25, -0.2) is 14.8 Å². The zero-order valence-electron chi connectivity index (χ0n) is 20.8. The average Bonchev–Trinajstić information content (AvgIpc) is 3.53. The molecule has 0 saturated carbocycles. The van der Waals surface area contributed by atoms with Gasteiger partial charge in [0.05, 0.1) is 46.2 Å². The van der Waals surface area contributed by atoms with Crippen LogP contribution in [0.4, 0.5) is 5.69 Å². The van der Waals surface area contributed by atoms with E-state index >= 15 is 0 Å². The standard InChI is InChI=1S/C29H23N5O3S/c1-3-37-28(36)24-17(2)31-27-21(26(24)32-23(35)15-18-9-5-4-6-10-18)16-30-34(27)29-33-25-20-12-8-7-11-19(20)13-14-22(25)38-29/h4-14,16H,3,15H2,1-2H3,(H,31,32,35). The van der Waals surface area contributed by atoms with Crippen molar-refractivity contribution in [2.45, 2.75) is 20.3 Å². The van der Waals surface area contributed by atoms with Gasteiger partial charge in [0.2, 0.25) is 11.0 Å². The number of ether oxygens (including phenoxy) is 1. The van der Waals surface area contributed by atoms with Crippen LogP contribution < -0.4 is 5.32 Å². The van der Waals surface area contributed by atoms with E-state index in [1.165, 1.54) is 11.3 Å². The Kier molecular flexibility index (Phi) is 6.05. The second-order valence-corrected chi connectivity index (χ2v) is 9.81. The van der Waals surface area contributed by atoms with Crippen LogP contribution in [-0.4, -0.2) is 38.2 Å². The van der Waals surface area contributed by atoms with Crippen molar-refractivity contribution in [2.75, 3.05) is 11.9 Å². The van der Waals surface area contributed by atoms with Crippen molar-refractivity contribution in [3.63, 3.8) is 0 Å². The molecule has 38 heavy (non-hydrogen) atoms. The van der Waals surface area contributed by atoms with Gasteiger partial charge in [0.1, 0.15) is 5.56 Å². The number of benzene rings is 3. The number of hydrogen-bond donors (Lipinski definition) is 1. The Morgan fingerprint density at radius 2 is 1.76 bits per heavy atom. The van der Waals surface area contributed by atoms with Crippen molar-refractivity contribution in [3.05, 3.63) is 89.7 Å². The van der Waals surface area contributed by atoms with Crippen molar-refractivity contribution >= 4 is 60.9 Å². The summed E-state index contributed by atoms with van der Waals surface area (Å²) < 4.78 is 7.99. The van der Waals surface area contributed by atoms with Gasteiger partial charge in [0.15, 0.2) is 5.65 Å². The molecule has 0 fully saturated rings. The summed E-state index contributed by atoms with van der Waals surface area (Å²) >= 11 is 1.50. The molecule has 0 unspecified atom stereocenters. The topological polar surface area (TPSA) is 99.0 Å². The van der Waals surface area contributed by atoms with Crippen molar-refractivity contribution < 1.29 is 14.3 Å². The first-order chi connectivity index (χ1) is 18.5. The number of nitrogens with one attached hydrogen (secondary N) is 1. The van der Waals surface area contributed by atoms with E-state index in [-0.39, 0.29) is 24.5 Å². The molecule has 188 valence electrons. The Hall–Kier alpha value is -4.63. The zero-order valence-corrected chi connectivity index (χ0v) is 21.6. The van der Waals surface area contributed by atoms with Gasteiger partial charge in [-0.1, -0.05) is 72.0 Å². The average molecular weight is 522 g/mol. The maximum atomic E-state index is 13.1. The number of esters is 1. The van der Waals surface area contributed by atoms with Crippen molar-refractivity contribution in [1.29, 1.82) is 0 Å². The molecule has 0 bridgehead atoms. The largest absolute Gasteiger partial charge is 0.462 e. The highest BCUT2D eigenvalue weighted by atomic mass is 32.1. The van der Waals surface area contributed by atoms with Gasteiger partial charge in [-0.05, 0) is 30.9 Å². The van der Waals surface area contributed by atoms with Gasteiger partial charge in [-0.15, -0.1) is 0 Å². The quantitative estimate of drug-likeness (QED) is 0.276. The number of hydrogen-bond acceptors (Lipinski definition) is 7. The van der Waals surface area contributed by atoms with E-state index in [1.807, 2.05) is 42.5 Å². The van der Waals surface area contributed by atoms with Crippen LogP contribution in [-0.2, 0) is 16.0 Å². The number of pyridine rings is 1. The van der Waals surface area contributed by atoms with Crippen LogP contribution in [0.1, 0.15) is 28.5 Å². The first-order valence-electron chi connectivity index (χ1n) is 12.2. The summed E-state index contributed by atoms with van der Waals surface area (Å²) in [6, 6.07) is 21.7. The summed E-state index contributed by atoms with van der Waals surface area (Å²) in [5, 5.41) is 10.9. The molecular weight excluding hydrogens is 498 g/mol. The number of thiazole rings is 1. The van der Waals surface area contributed by atoms with Gasteiger partial charge in [0.25, 0.3) is 0 Å². The number of carbonyl (C=O) groups is 2. The number of anilines is 1. The molecule has 3 heterocycles. The predicted molar refractivity (Wildman–Crippen MR) is 149 cm³/mol. The highest BCUT2D eigenvalue weighted by Gasteiger charge is 2.25. The van der Waals surface area contributed by atoms with Crippen LogP contribution in [0.15, 0.2) is 72.9 Å². The maximum Gasteiger partial charge on any atom is 0.342 e. The van der Waals surface area contributed by atoms with Gasteiger partial charge in [0, 0.05) is 5.39 Å². The number of fused-ring (bicyclic) bond motifs is 4. The van der Waals surface area contributed by atoms with E-state index in [9.17, 15) is 9.59 Å². The fourth-order valence-corrected chi connectivity index (χ4v) is 5.53. The predicted octanol–water partition coefficient (Wildman–Crippen LogP) is 5.85. The van der Waals surface area contributed by atoms with Crippen LogP contribution in [0, 0.1) is 6.92 Å². The second kappa shape index (κ2) is 9.68. The van der Waals surface area contributed by atoms with Gasteiger partial charge in [-0.3, -0.25) is 4.79 Å². The molecule has 1 N–H and O–H groups in total. The van der Waals surface area contributed by atoms with Crippen molar-refractivity contribution in [2.24, 2.45) is 0 Å². The van der Waals surface area contributed by atoms with E-state index in [4.69, 9.17) is 14.7 Å². The summed E-state index contributed by atoms with van der Waals surface area (Å²) in [6.45, 7) is 3.66. The fraction of sp³-hybridized carbons (Fsp3) is 0.138. The molecule has 0 aliphatic rings. The maximum absolute atomic E-state index is 13.1. The minimum absolute atomic E-state index is 0.158. The van der Waals surface area contributed by atoms with E-state index in [2.05, 4.69) is 34.7 Å². The number of rotatable bonds is 6. The van der Waals surface area contributed by atoms with Gasteiger partial charge < -0.3 is 10.1 Å². The third-order valence-electron chi connectivity index (χ3n) is 6.30. The Labute approximate surface area is 221 Å². The van der Waals surface area contributed by atoms with Crippen molar-refractivity contribution in [3.8, 4) is 5.13 Å². The molecule has 0 saturated heterocycles. The third-order valence-corrected chi connectivity index (χ3v) is 7.30. The Morgan fingerprint density at radius 3 is 2.58 bits per heavy atom. The highest BCUT2D eigenvalue weighted by Crippen LogP contribution is 2.34. The SMILES string of the molecule is CCOC(=O)c1c(C)nc2c(cnn2-c2nc3c(ccc4ccccc43)s2)c1NC(=O)Cc1ccccc1. The Balaban J connectivity index is 1.48. The van der Waals surface area contributed by atoms with Crippen molar-refractivity contribution in [1.82, 2.24) is 19.7 Å². The first-order valence-corrected chi connectivity index (χ1v) is 13.0. The number of nitrogens with zero attached hydrogens (tertiary/aromatic N) is 4. The Bertz CT molecular complexity index is 1840. The highest BCUT2D eigenvalue weighted by molar-refractivity contribution is 7.21. The summed E-state index contributed by atoms with van der Waals surface area (Å²) in [5.41, 5.74) is 3.23. The molecule has 0 atom stereocenters. The summed E-state index contributed by atoms with van der Waals surface area (Å²) in [4.78, 5) is 35.6. The molecule has 3 aromatic heterocycles. The molecule has 1 amide bonds. The molecule has 0 radical (unpaired) electrons. The van der Waals surface area contributed by atoms with E-state index in [0.29, 0.717) is 27.5 Å².